The molecule has 0 aromatic rings. The molecule has 0 bridgehead atoms. The molecule has 0 spiro atoms. The third-order valence-corrected chi connectivity index (χ3v) is 14.6. The average Bonchev–Trinajstić information content (AvgIpc) is 3.37. The molecule has 1 amide bonds. The predicted molar refractivity (Wildman–Crippen MR) is 310 cm³/mol. The van der Waals surface area contributed by atoms with Gasteiger partial charge in [0.2, 0.25) is 5.91 Å². The Bertz CT molecular complexity index is 1150. The molecule has 418 valence electrons. The smallest absolute Gasteiger partial charge is 0.305 e. The molecule has 0 aromatic carbocycles. The first-order chi connectivity index (χ1) is 35.0. The van der Waals surface area contributed by atoms with Gasteiger partial charge >= 0.3 is 5.97 Å². The molecule has 71 heavy (non-hydrogen) atoms. The van der Waals surface area contributed by atoms with Crippen molar-refractivity contribution in [1.29, 1.82) is 0 Å². The minimum atomic E-state index is -0.847. The van der Waals surface area contributed by atoms with Crippen LogP contribution in [0.2, 0.25) is 0 Å². The van der Waals surface area contributed by atoms with Crippen molar-refractivity contribution in [3.8, 4) is 0 Å². The normalized spacial score (nSPS) is 12.8. The Kier molecular flexibility index (Phi) is 59.0. The number of esters is 1. The molecule has 0 radical (unpaired) electrons. The Morgan fingerprint density at radius 1 is 0.380 bits per heavy atom. The van der Waals surface area contributed by atoms with Crippen molar-refractivity contribution in [2.45, 2.75) is 353 Å². The van der Waals surface area contributed by atoms with E-state index in [0.29, 0.717) is 19.4 Å². The van der Waals surface area contributed by atoms with E-state index in [1.807, 2.05) is 6.08 Å². The van der Waals surface area contributed by atoms with Crippen LogP contribution in [0.25, 0.3) is 0 Å². The minimum Gasteiger partial charge on any atom is -0.466 e. The van der Waals surface area contributed by atoms with E-state index >= 15 is 0 Å². The number of amides is 1. The summed E-state index contributed by atoms with van der Waals surface area (Å²) in [5, 5.41) is 23.0. The highest BCUT2D eigenvalue weighted by Crippen LogP contribution is 2.17. The van der Waals surface area contributed by atoms with Gasteiger partial charge in [-0.1, -0.05) is 281 Å². The van der Waals surface area contributed by atoms with E-state index in [4.69, 9.17) is 4.74 Å². The summed E-state index contributed by atoms with van der Waals surface area (Å²) < 4.78 is 5.50. The lowest BCUT2D eigenvalue weighted by atomic mass is 10.0. The number of unbranched alkanes of at least 4 members (excludes halogenated alkanes) is 44. The number of ether oxygens (including phenoxy) is 1. The maximum atomic E-state index is 12.4. The fourth-order valence-corrected chi connectivity index (χ4v) is 9.74. The van der Waals surface area contributed by atoms with Crippen LogP contribution in [0.4, 0.5) is 0 Å². The lowest BCUT2D eigenvalue weighted by molar-refractivity contribution is -0.143. The van der Waals surface area contributed by atoms with Crippen molar-refractivity contribution in [3.05, 3.63) is 36.5 Å². The molecule has 0 rings (SSSR count). The summed E-state index contributed by atoms with van der Waals surface area (Å²) in [6.45, 7) is 4.90. The lowest BCUT2D eigenvalue weighted by Gasteiger charge is -2.20. The Morgan fingerprint density at radius 3 is 1.00 bits per heavy atom. The second-order valence-electron chi connectivity index (χ2n) is 21.7. The fraction of sp³-hybridized carbons (Fsp3) is 0.877. The van der Waals surface area contributed by atoms with E-state index in [2.05, 4.69) is 43.5 Å². The minimum absolute atomic E-state index is 0.0106. The number of nitrogens with one attached hydrogen (secondary N) is 1. The summed E-state index contributed by atoms with van der Waals surface area (Å²) in [5.41, 5.74) is 0. The zero-order chi connectivity index (χ0) is 51.4. The topological polar surface area (TPSA) is 95.9 Å². The van der Waals surface area contributed by atoms with Gasteiger partial charge < -0.3 is 20.3 Å². The Hall–Kier alpha value is -1.92. The predicted octanol–water partition coefficient (Wildman–Crippen LogP) is 20.0. The van der Waals surface area contributed by atoms with Gasteiger partial charge in [0, 0.05) is 12.8 Å². The van der Waals surface area contributed by atoms with Crippen LogP contribution in [0, 0.1) is 0 Å². The summed E-state index contributed by atoms with van der Waals surface area (Å²) in [7, 11) is 0. The highest BCUT2D eigenvalue weighted by atomic mass is 16.5. The van der Waals surface area contributed by atoms with Crippen LogP contribution < -0.4 is 5.32 Å². The Morgan fingerprint density at radius 2 is 0.662 bits per heavy atom. The molecule has 0 aliphatic carbocycles. The van der Waals surface area contributed by atoms with Crippen molar-refractivity contribution in [3.63, 3.8) is 0 Å². The van der Waals surface area contributed by atoms with Crippen LogP contribution in [0.1, 0.15) is 341 Å². The van der Waals surface area contributed by atoms with E-state index in [0.717, 1.165) is 51.4 Å². The largest absolute Gasteiger partial charge is 0.466 e. The summed E-state index contributed by atoms with van der Waals surface area (Å²) in [6, 6.07) is -0.632. The lowest BCUT2D eigenvalue weighted by Crippen LogP contribution is -2.45. The maximum Gasteiger partial charge on any atom is 0.305 e. The van der Waals surface area contributed by atoms with Crippen molar-refractivity contribution in [2.75, 3.05) is 13.2 Å². The average molecular weight is 999 g/mol. The first-order valence-electron chi connectivity index (χ1n) is 31.8. The van der Waals surface area contributed by atoms with Crippen molar-refractivity contribution in [1.82, 2.24) is 5.32 Å². The van der Waals surface area contributed by atoms with E-state index in [-0.39, 0.29) is 18.5 Å². The van der Waals surface area contributed by atoms with Gasteiger partial charge in [0.1, 0.15) is 0 Å². The molecule has 2 atom stereocenters. The first-order valence-corrected chi connectivity index (χ1v) is 31.8. The van der Waals surface area contributed by atoms with Gasteiger partial charge in [-0.3, -0.25) is 9.59 Å². The third kappa shape index (κ3) is 57.2. The molecule has 6 heteroatoms. The summed E-state index contributed by atoms with van der Waals surface area (Å²) in [5.74, 6) is -0.0640. The van der Waals surface area contributed by atoms with Gasteiger partial charge in [-0.05, 0) is 83.5 Å². The van der Waals surface area contributed by atoms with Gasteiger partial charge in [-0.25, -0.2) is 0 Å². The zero-order valence-corrected chi connectivity index (χ0v) is 47.7. The number of hydrogen-bond acceptors (Lipinski definition) is 5. The van der Waals surface area contributed by atoms with Crippen molar-refractivity contribution < 1.29 is 24.5 Å². The van der Waals surface area contributed by atoms with E-state index in [1.165, 1.54) is 263 Å². The molecule has 0 aromatic heterocycles. The molecule has 6 nitrogen and oxygen atoms in total. The fourth-order valence-electron chi connectivity index (χ4n) is 9.74. The molecule has 0 aliphatic rings. The van der Waals surface area contributed by atoms with Gasteiger partial charge in [0.05, 0.1) is 25.4 Å². The second kappa shape index (κ2) is 60.6. The molecular formula is C65H123NO5. The van der Waals surface area contributed by atoms with Crippen LogP contribution in [0.15, 0.2) is 36.5 Å². The van der Waals surface area contributed by atoms with E-state index in [1.54, 1.807) is 6.08 Å². The van der Waals surface area contributed by atoms with Crippen LogP contribution in [-0.4, -0.2) is 47.4 Å². The molecule has 3 N–H and O–H groups in total. The van der Waals surface area contributed by atoms with Crippen LogP contribution in [-0.2, 0) is 14.3 Å². The third-order valence-electron chi connectivity index (χ3n) is 14.6. The maximum absolute atomic E-state index is 12.4. The number of aliphatic hydroxyl groups excluding tert-OH is 2. The molecule has 2 unspecified atom stereocenters. The zero-order valence-electron chi connectivity index (χ0n) is 47.7. The van der Waals surface area contributed by atoms with Crippen molar-refractivity contribution >= 4 is 11.9 Å². The van der Waals surface area contributed by atoms with Crippen LogP contribution >= 0.6 is 0 Å². The highest BCUT2D eigenvalue weighted by Gasteiger charge is 2.18. The summed E-state index contributed by atoms with van der Waals surface area (Å²) in [6.07, 6.45) is 76.2. The Balaban J connectivity index is 3.40. The summed E-state index contributed by atoms with van der Waals surface area (Å²) in [4.78, 5) is 24.5. The van der Waals surface area contributed by atoms with Gasteiger partial charge in [0.25, 0.3) is 0 Å². The van der Waals surface area contributed by atoms with E-state index in [9.17, 15) is 19.8 Å². The summed E-state index contributed by atoms with van der Waals surface area (Å²) >= 11 is 0. The van der Waals surface area contributed by atoms with Crippen LogP contribution in [0.3, 0.4) is 0 Å². The first kappa shape index (κ1) is 69.1. The SMILES string of the molecule is CCCCCCCC/C=C\CCCCCCCCCCCC(=O)OCCCCCCCCCCCCCC/C=C\CCCCCCCCCC(=O)NC(CO)C(O)/C=C/CCCCCCCCCCCC. The number of hydrogen-bond donors (Lipinski definition) is 3. The molecule has 0 heterocycles. The second-order valence-corrected chi connectivity index (χ2v) is 21.7. The number of allylic oxidation sites excluding steroid dienone is 5. The molecule has 0 saturated carbocycles. The standard InChI is InChI=1S/C65H123NO5/c1-3-5-7-9-11-13-15-17-18-19-25-29-32-35-39-43-47-51-55-59-65(70)71-60-56-52-48-44-40-36-33-30-27-24-22-20-21-23-26-28-31-34-38-42-46-50-54-58-64(69)66-62(61-67)63(68)57-53-49-45-41-37-16-14-12-10-8-6-4-2/h17-18,23,26,53,57,62-63,67-68H,3-16,19-22,24-25,27-52,54-56,58-61H2,1-2H3,(H,66,69)/b18-17-,26-23-,57-53+. The van der Waals surface area contributed by atoms with Gasteiger partial charge in [0.15, 0.2) is 0 Å². The number of carbonyl (C=O) groups is 2. The van der Waals surface area contributed by atoms with Crippen LogP contribution in [0.5, 0.6) is 0 Å². The number of rotatable bonds is 59. The Labute approximate surface area is 443 Å². The van der Waals surface area contributed by atoms with Crippen molar-refractivity contribution in [2.24, 2.45) is 0 Å². The molecule has 0 fully saturated rings. The van der Waals surface area contributed by atoms with E-state index < -0.39 is 12.1 Å². The monoisotopic (exact) mass is 998 g/mol. The quantitative estimate of drug-likeness (QED) is 0.0321. The highest BCUT2D eigenvalue weighted by molar-refractivity contribution is 5.76. The molecule has 0 aliphatic heterocycles. The van der Waals surface area contributed by atoms with Gasteiger partial charge in [-0.2, -0.15) is 0 Å². The molecule has 0 saturated heterocycles. The molecular weight excluding hydrogens is 875 g/mol. The number of aliphatic hydroxyl groups is 2. The van der Waals surface area contributed by atoms with Gasteiger partial charge in [-0.15, -0.1) is 0 Å². The number of carbonyl (C=O) groups excluding carboxylic acids is 2.